The number of benzene rings is 2. The largest absolute Gasteiger partial charge is 0.417 e. The van der Waals surface area contributed by atoms with Crippen molar-refractivity contribution >= 4 is 16.8 Å². The third-order valence-electron chi connectivity index (χ3n) is 4.31. The number of alkyl halides is 6. The first-order valence-electron chi connectivity index (χ1n) is 9.00. The van der Waals surface area contributed by atoms with E-state index in [4.69, 9.17) is 0 Å². The maximum absolute atomic E-state index is 13.6. The van der Waals surface area contributed by atoms with E-state index in [0.717, 1.165) is 6.20 Å². The Morgan fingerprint density at radius 1 is 0.935 bits per heavy atom. The first kappa shape index (κ1) is 22.5. The standard InChI is InChI=1S/C21H16F6N2O2/c22-20(23,24)12-31-11-14-7-5-13(6-8-14)9-29-19(30)16-10-28-17-4-2-1-3-15(17)18(16)21(25,26)27/h1-8,10H,9,11-12H2,(H,29,30). The molecule has 3 rings (SSSR count). The van der Waals surface area contributed by atoms with Gasteiger partial charge in [0.15, 0.2) is 0 Å². The van der Waals surface area contributed by atoms with E-state index in [9.17, 15) is 31.1 Å². The van der Waals surface area contributed by atoms with Crippen molar-refractivity contribution in [3.8, 4) is 0 Å². The van der Waals surface area contributed by atoms with Crippen LogP contribution in [0.3, 0.4) is 0 Å². The molecular formula is C21H16F6N2O2. The highest BCUT2D eigenvalue weighted by molar-refractivity contribution is 6.00. The number of nitrogens with zero attached hydrogens (tertiary/aromatic N) is 1. The summed E-state index contributed by atoms with van der Waals surface area (Å²) >= 11 is 0. The van der Waals surface area contributed by atoms with E-state index in [1.165, 1.54) is 42.5 Å². The van der Waals surface area contributed by atoms with Crippen LogP contribution in [0.15, 0.2) is 54.7 Å². The molecule has 0 bridgehead atoms. The quantitative estimate of drug-likeness (QED) is 0.530. The summed E-state index contributed by atoms with van der Waals surface area (Å²) in [7, 11) is 0. The molecule has 0 aliphatic heterocycles. The molecule has 1 aromatic heterocycles. The summed E-state index contributed by atoms with van der Waals surface area (Å²) in [5, 5.41) is 2.24. The molecule has 3 aromatic rings. The molecule has 2 aromatic carbocycles. The lowest BCUT2D eigenvalue weighted by molar-refractivity contribution is -0.176. The normalized spacial score (nSPS) is 12.2. The summed E-state index contributed by atoms with van der Waals surface area (Å²) in [5.74, 6) is -0.942. The summed E-state index contributed by atoms with van der Waals surface area (Å²) in [6, 6.07) is 11.8. The van der Waals surface area contributed by atoms with Crippen molar-refractivity contribution in [1.82, 2.24) is 10.3 Å². The molecule has 0 atom stereocenters. The van der Waals surface area contributed by atoms with E-state index in [2.05, 4.69) is 15.0 Å². The van der Waals surface area contributed by atoms with E-state index < -0.39 is 36.0 Å². The molecule has 0 saturated heterocycles. The predicted molar refractivity (Wildman–Crippen MR) is 100 cm³/mol. The number of fused-ring (bicyclic) bond motifs is 1. The predicted octanol–water partition coefficient (Wildman–Crippen LogP) is 5.26. The molecule has 164 valence electrons. The molecule has 31 heavy (non-hydrogen) atoms. The molecule has 0 spiro atoms. The Morgan fingerprint density at radius 3 is 2.23 bits per heavy atom. The van der Waals surface area contributed by atoms with Gasteiger partial charge in [0.2, 0.25) is 0 Å². The number of carbonyl (C=O) groups excluding carboxylic acids is 1. The molecule has 4 nitrogen and oxygen atoms in total. The number of amides is 1. The van der Waals surface area contributed by atoms with Gasteiger partial charge in [-0.15, -0.1) is 0 Å². The second kappa shape index (κ2) is 8.93. The fourth-order valence-electron chi connectivity index (χ4n) is 2.93. The molecule has 0 aliphatic carbocycles. The van der Waals surface area contributed by atoms with Crippen molar-refractivity contribution in [1.29, 1.82) is 0 Å². The average molecular weight is 442 g/mol. The Hall–Kier alpha value is -3.14. The fraction of sp³-hybridized carbons (Fsp3) is 0.238. The highest BCUT2D eigenvalue weighted by atomic mass is 19.4. The molecule has 0 aliphatic rings. The van der Waals surface area contributed by atoms with E-state index in [0.29, 0.717) is 11.1 Å². The second-order valence-corrected chi connectivity index (χ2v) is 6.67. The zero-order valence-corrected chi connectivity index (χ0v) is 15.8. The van der Waals surface area contributed by atoms with Crippen LogP contribution in [0.4, 0.5) is 26.3 Å². The molecule has 0 saturated carbocycles. The van der Waals surface area contributed by atoms with Gasteiger partial charge in [0.25, 0.3) is 5.91 Å². The minimum Gasteiger partial charge on any atom is -0.367 e. The third kappa shape index (κ3) is 5.94. The smallest absolute Gasteiger partial charge is 0.367 e. The van der Waals surface area contributed by atoms with Crippen LogP contribution in [0.25, 0.3) is 10.9 Å². The zero-order chi connectivity index (χ0) is 22.6. The third-order valence-corrected chi connectivity index (χ3v) is 4.31. The van der Waals surface area contributed by atoms with Crippen LogP contribution in [0.5, 0.6) is 0 Å². The first-order valence-corrected chi connectivity index (χ1v) is 9.00. The number of carbonyl (C=O) groups is 1. The van der Waals surface area contributed by atoms with Crippen molar-refractivity contribution in [3.63, 3.8) is 0 Å². The fourth-order valence-corrected chi connectivity index (χ4v) is 2.93. The van der Waals surface area contributed by atoms with Crippen molar-refractivity contribution < 1.29 is 35.9 Å². The number of hydrogen-bond donors (Lipinski definition) is 1. The maximum Gasteiger partial charge on any atom is 0.417 e. The highest BCUT2D eigenvalue weighted by Gasteiger charge is 2.37. The zero-order valence-electron chi connectivity index (χ0n) is 15.8. The maximum atomic E-state index is 13.6. The number of ether oxygens (including phenoxy) is 1. The first-order chi connectivity index (χ1) is 14.5. The minimum absolute atomic E-state index is 0.0767. The van der Waals surface area contributed by atoms with Gasteiger partial charge in [0.1, 0.15) is 6.61 Å². The van der Waals surface area contributed by atoms with Gasteiger partial charge < -0.3 is 10.1 Å². The summed E-state index contributed by atoms with van der Waals surface area (Å²) in [6.07, 6.45) is -8.29. The van der Waals surface area contributed by atoms with Crippen LogP contribution >= 0.6 is 0 Å². The molecule has 1 N–H and O–H groups in total. The second-order valence-electron chi connectivity index (χ2n) is 6.67. The van der Waals surface area contributed by atoms with Gasteiger partial charge in [-0.05, 0) is 17.2 Å². The lowest BCUT2D eigenvalue weighted by Crippen LogP contribution is -2.26. The summed E-state index contributed by atoms with van der Waals surface area (Å²) in [4.78, 5) is 16.4. The summed E-state index contributed by atoms with van der Waals surface area (Å²) < 4.78 is 81.7. The van der Waals surface area contributed by atoms with E-state index in [1.807, 2.05) is 0 Å². The highest BCUT2D eigenvalue weighted by Crippen LogP contribution is 2.36. The van der Waals surface area contributed by atoms with E-state index >= 15 is 0 Å². The van der Waals surface area contributed by atoms with Crippen molar-refractivity contribution in [2.45, 2.75) is 25.5 Å². The van der Waals surface area contributed by atoms with Crippen LogP contribution in [-0.2, 0) is 24.1 Å². The van der Waals surface area contributed by atoms with Gasteiger partial charge >= 0.3 is 12.4 Å². The number of halogens is 6. The summed E-state index contributed by atoms with van der Waals surface area (Å²) in [5.41, 5.74) is -0.501. The Bertz CT molecular complexity index is 1060. The van der Waals surface area contributed by atoms with Gasteiger partial charge in [0, 0.05) is 18.1 Å². The number of pyridine rings is 1. The van der Waals surface area contributed by atoms with Crippen LogP contribution in [-0.4, -0.2) is 23.7 Å². The number of rotatable bonds is 6. The van der Waals surface area contributed by atoms with Crippen LogP contribution < -0.4 is 5.32 Å². The molecular weight excluding hydrogens is 426 g/mol. The minimum atomic E-state index is -4.76. The van der Waals surface area contributed by atoms with Crippen molar-refractivity contribution in [2.24, 2.45) is 0 Å². The lowest BCUT2D eigenvalue weighted by Gasteiger charge is -2.15. The Morgan fingerprint density at radius 2 is 1.58 bits per heavy atom. The average Bonchev–Trinajstić information content (AvgIpc) is 2.70. The molecule has 0 fully saturated rings. The van der Waals surface area contributed by atoms with Gasteiger partial charge in [-0.3, -0.25) is 9.78 Å². The summed E-state index contributed by atoms with van der Waals surface area (Å²) in [6.45, 7) is -1.69. The van der Waals surface area contributed by atoms with Crippen LogP contribution in [0, 0.1) is 0 Å². The van der Waals surface area contributed by atoms with Gasteiger partial charge in [-0.1, -0.05) is 42.5 Å². The van der Waals surface area contributed by atoms with Crippen molar-refractivity contribution in [3.05, 3.63) is 77.0 Å². The molecule has 1 amide bonds. The Labute approximate surface area is 172 Å². The molecule has 10 heteroatoms. The van der Waals surface area contributed by atoms with Crippen molar-refractivity contribution in [2.75, 3.05) is 6.61 Å². The monoisotopic (exact) mass is 442 g/mol. The van der Waals surface area contributed by atoms with Gasteiger partial charge in [0.05, 0.1) is 23.3 Å². The number of aromatic nitrogens is 1. The molecule has 1 heterocycles. The topological polar surface area (TPSA) is 51.2 Å². The Kier molecular flexibility index (Phi) is 6.49. The van der Waals surface area contributed by atoms with Crippen LogP contribution in [0.1, 0.15) is 27.0 Å². The number of nitrogens with one attached hydrogen (secondary N) is 1. The number of para-hydroxylation sites is 1. The van der Waals surface area contributed by atoms with E-state index in [1.54, 1.807) is 6.07 Å². The van der Waals surface area contributed by atoms with E-state index in [-0.39, 0.29) is 24.1 Å². The van der Waals surface area contributed by atoms with Gasteiger partial charge in [-0.2, -0.15) is 26.3 Å². The molecule has 0 radical (unpaired) electrons. The Balaban J connectivity index is 1.69. The number of hydrogen-bond acceptors (Lipinski definition) is 3. The SMILES string of the molecule is O=C(NCc1ccc(COCC(F)(F)F)cc1)c1cnc2ccccc2c1C(F)(F)F. The van der Waals surface area contributed by atoms with Gasteiger partial charge in [-0.25, -0.2) is 0 Å². The molecule has 0 unspecified atom stereocenters. The van der Waals surface area contributed by atoms with Crippen LogP contribution in [0.2, 0.25) is 0 Å². The lowest BCUT2D eigenvalue weighted by atomic mass is 10.0.